The molecule has 0 saturated heterocycles. The Balaban J connectivity index is 3.00. The van der Waals surface area contributed by atoms with E-state index in [1.165, 1.54) is 19.4 Å². The Morgan fingerprint density at radius 3 is 2.88 bits per heavy atom. The van der Waals surface area contributed by atoms with Gasteiger partial charge in [0.2, 0.25) is 0 Å². The third-order valence-electron chi connectivity index (χ3n) is 2.31. The number of hydrogen-bond donors (Lipinski definition) is 3. The van der Waals surface area contributed by atoms with Crippen molar-refractivity contribution >= 4 is 5.97 Å². The molecule has 3 N–H and O–H groups in total. The highest BCUT2D eigenvalue weighted by Crippen LogP contribution is 2.20. The molecule has 2 atom stereocenters. The number of carbonyl (C=O) groups excluding carboxylic acids is 1. The lowest BCUT2D eigenvalue weighted by Crippen LogP contribution is -2.30. The quantitative estimate of drug-likeness (QED) is 0.600. The third kappa shape index (κ3) is 3.23. The number of aliphatic hydroxyl groups excluding tert-OH is 2. The summed E-state index contributed by atoms with van der Waals surface area (Å²) >= 11 is 0. The van der Waals surface area contributed by atoms with Gasteiger partial charge in [-0.1, -0.05) is 6.07 Å². The molecule has 0 bridgehead atoms. The standard InChI is InChI=1S/C11H16N2O4/c1-12-6-8(14)10(15)7-4-3-5-13-9(7)11(16)17-2/h3-5,8,10,12,14-15H,6H2,1-2H3. The van der Waals surface area contributed by atoms with Crippen LogP contribution in [-0.4, -0.2) is 48.0 Å². The van der Waals surface area contributed by atoms with Gasteiger partial charge in [-0.25, -0.2) is 9.78 Å². The van der Waals surface area contributed by atoms with Crippen molar-refractivity contribution in [3.05, 3.63) is 29.6 Å². The lowest BCUT2D eigenvalue weighted by atomic mass is 10.0. The monoisotopic (exact) mass is 240 g/mol. The largest absolute Gasteiger partial charge is 0.464 e. The van der Waals surface area contributed by atoms with Crippen LogP contribution in [0.4, 0.5) is 0 Å². The zero-order chi connectivity index (χ0) is 12.8. The van der Waals surface area contributed by atoms with Crippen LogP contribution in [0, 0.1) is 0 Å². The fourth-order valence-corrected chi connectivity index (χ4v) is 1.45. The van der Waals surface area contributed by atoms with E-state index >= 15 is 0 Å². The molecule has 1 rings (SSSR count). The lowest BCUT2D eigenvalue weighted by molar-refractivity contribution is 0.0185. The van der Waals surface area contributed by atoms with Crippen molar-refractivity contribution in [3.8, 4) is 0 Å². The minimum atomic E-state index is -1.19. The number of methoxy groups -OCH3 is 1. The Kier molecular flexibility index (Phi) is 5.02. The number of aliphatic hydroxyl groups is 2. The summed E-state index contributed by atoms with van der Waals surface area (Å²) in [6, 6.07) is 3.11. The maximum absolute atomic E-state index is 11.4. The Bertz CT molecular complexity index is 383. The van der Waals surface area contributed by atoms with Crippen LogP contribution in [0.15, 0.2) is 18.3 Å². The molecule has 0 amide bonds. The highest BCUT2D eigenvalue weighted by Gasteiger charge is 2.24. The Labute approximate surface area is 99.3 Å². The Hall–Kier alpha value is -1.50. The first kappa shape index (κ1) is 13.6. The van der Waals surface area contributed by atoms with Crippen LogP contribution in [0.1, 0.15) is 22.2 Å². The maximum atomic E-state index is 11.4. The molecule has 1 aromatic rings. The third-order valence-corrected chi connectivity index (χ3v) is 2.31. The average molecular weight is 240 g/mol. The van der Waals surface area contributed by atoms with Gasteiger partial charge in [0.1, 0.15) is 6.10 Å². The molecule has 0 aromatic carbocycles. The second kappa shape index (κ2) is 6.29. The van der Waals surface area contributed by atoms with Crippen LogP contribution in [0.25, 0.3) is 0 Å². The van der Waals surface area contributed by atoms with Crippen molar-refractivity contribution < 1.29 is 19.7 Å². The summed E-state index contributed by atoms with van der Waals surface area (Å²) in [4.78, 5) is 15.3. The molecule has 0 aliphatic heterocycles. The number of esters is 1. The lowest BCUT2D eigenvalue weighted by Gasteiger charge is -2.19. The predicted octanol–water partition coefficient (Wildman–Crippen LogP) is -0.518. The van der Waals surface area contributed by atoms with Crippen LogP contribution in [0.3, 0.4) is 0 Å². The molecule has 0 radical (unpaired) electrons. The van der Waals surface area contributed by atoms with E-state index in [2.05, 4.69) is 15.0 Å². The van der Waals surface area contributed by atoms with Crippen molar-refractivity contribution in [1.29, 1.82) is 0 Å². The minimum absolute atomic E-state index is 0.0117. The van der Waals surface area contributed by atoms with E-state index < -0.39 is 18.2 Å². The number of aromatic nitrogens is 1. The molecule has 6 heteroatoms. The van der Waals surface area contributed by atoms with Gasteiger partial charge in [0.15, 0.2) is 5.69 Å². The van der Waals surface area contributed by atoms with Crippen LogP contribution in [0.2, 0.25) is 0 Å². The van der Waals surface area contributed by atoms with E-state index in [0.29, 0.717) is 0 Å². The van der Waals surface area contributed by atoms with Crippen molar-refractivity contribution in [1.82, 2.24) is 10.3 Å². The van der Waals surface area contributed by atoms with E-state index in [9.17, 15) is 15.0 Å². The fraction of sp³-hybridized carbons (Fsp3) is 0.455. The molecule has 6 nitrogen and oxygen atoms in total. The van der Waals surface area contributed by atoms with Crippen molar-refractivity contribution in [3.63, 3.8) is 0 Å². The van der Waals surface area contributed by atoms with Gasteiger partial charge >= 0.3 is 5.97 Å². The summed E-state index contributed by atoms with van der Waals surface area (Å²) < 4.78 is 4.56. The van der Waals surface area contributed by atoms with Crippen LogP contribution in [-0.2, 0) is 4.74 Å². The molecule has 0 spiro atoms. The first-order valence-electron chi connectivity index (χ1n) is 5.15. The molecule has 1 aromatic heterocycles. The zero-order valence-electron chi connectivity index (χ0n) is 9.75. The number of nitrogens with one attached hydrogen (secondary N) is 1. The summed E-state index contributed by atoms with van der Waals surface area (Å²) in [5.74, 6) is -0.642. The molecular formula is C11H16N2O4. The normalized spacial score (nSPS) is 14.1. The second-order valence-corrected chi connectivity index (χ2v) is 3.50. The number of likely N-dealkylation sites (N-methyl/N-ethyl adjacent to an activating group) is 1. The van der Waals surface area contributed by atoms with Gasteiger partial charge in [-0.3, -0.25) is 0 Å². The fourth-order valence-electron chi connectivity index (χ4n) is 1.45. The first-order chi connectivity index (χ1) is 8.11. The molecule has 1 heterocycles. The summed E-state index contributed by atoms with van der Waals surface area (Å²) in [6.45, 7) is 0.205. The van der Waals surface area contributed by atoms with Gasteiger partial charge in [0.05, 0.1) is 13.2 Å². The topological polar surface area (TPSA) is 91.7 Å². The number of nitrogens with zero attached hydrogens (tertiary/aromatic N) is 1. The summed E-state index contributed by atoms with van der Waals surface area (Å²) in [7, 11) is 2.89. The summed E-state index contributed by atoms with van der Waals surface area (Å²) in [5.41, 5.74) is 0.264. The van der Waals surface area contributed by atoms with Gasteiger partial charge < -0.3 is 20.3 Å². The molecular weight excluding hydrogens is 224 g/mol. The second-order valence-electron chi connectivity index (χ2n) is 3.50. The molecule has 0 aliphatic carbocycles. The summed E-state index contributed by atoms with van der Waals surface area (Å²) in [6.07, 6.45) is -0.787. The highest BCUT2D eigenvalue weighted by molar-refractivity contribution is 5.88. The van der Waals surface area contributed by atoms with E-state index in [1.54, 1.807) is 13.1 Å². The SMILES string of the molecule is CNCC(O)C(O)c1cccnc1C(=O)OC. The van der Waals surface area contributed by atoms with Crippen molar-refractivity contribution in [2.75, 3.05) is 20.7 Å². The molecule has 17 heavy (non-hydrogen) atoms. The van der Waals surface area contributed by atoms with Crippen molar-refractivity contribution in [2.45, 2.75) is 12.2 Å². The molecule has 0 aliphatic rings. The van der Waals surface area contributed by atoms with Gasteiger partial charge in [-0.15, -0.1) is 0 Å². The van der Waals surface area contributed by atoms with Gasteiger partial charge in [0.25, 0.3) is 0 Å². The average Bonchev–Trinajstić information content (AvgIpc) is 2.37. The van der Waals surface area contributed by atoms with E-state index in [0.717, 1.165) is 0 Å². The number of hydrogen-bond acceptors (Lipinski definition) is 6. The van der Waals surface area contributed by atoms with E-state index in [1.807, 2.05) is 0 Å². The number of pyridine rings is 1. The van der Waals surface area contributed by atoms with Gasteiger partial charge in [0, 0.05) is 18.3 Å². The van der Waals surface area contributed by atoms with Crippen molar-refractivity contribution in [2.24, 2.45) is 0 Å². The first-order valence-corrected chi connectivity index (χ1v) is 5.15. The van der Waals surface area contributed by atoms with Gasteiger partial charge in [-0.2, -0.15) is 0 Å². The Morgan fingerprint density at radius 2 is 2.29 bits per heavy atom. The minimum Gasteiger partial charge on any atom is -0.464 e. The molecule has 0 saturated carbocycles. The number of rotatable bonds is 5. The van der Waals surface area contributed by atoms with E-state index in [4.69, 9.17) is 0 Å². The maximum Gasteiger partial charge on any atom is 0.357 e. The number of ether oxygens (including phenoxy) is 1. The van der Waals surface area contributed by atoms with Crippen LogP contribution < -0.4 is 5.32 Å². The molecule has 2 unspecified atom stereocenters. The predicted molar refractivity (Wildman–Crippen MR) is 60.5 cm³/mol. The van der Waals surface area contributed by atoms with Gasteiger partial charge in [-0.05, 0) is 13.1 Å². The van der Waals surface area contributed by atoms with Crippen LogP contribution in [0.5, 0.6) is 0 Å². The highest BCUT2D eigenvalue weighted by atomic mass is 16.5. The Morgan fingerprint density at radius 1 is 1.59 bits per heavy atom. The smallest absolute Gasteiger partial charge is 0.357 e. The number of carbonyl (C=O) groups is 1. The summed E-state index contributed by atoms with van der Waals surface area (Å²) in [5, 5.41) is 22.3. The molecule has 0 fully saturated rings. The van der Waals surface area contributed by atoms with Crippen LogP contribution >= 0.6 is 0 Å². The zero-order valence-corrected chi connectivity index (χ0v) is 9.75. The van der Waals surface area contributed by atoms with E-state index in [-0.39, 0.29) is 17.8 Å². The molecule has 94 valence electrons.